The molecular formula is C40H38N4. The number of amidine groups is 1. The molecule has 2 aliphatic heterocycles. The van der Waals surface area contributed by atoms with Crippen molar-refractivity contribution in [3.63, 3.8) is 0 Å². The molecule has 0 saturated carbocycles. The van der Waals surface area contributed by atoms with Crippen LogP contribution in [0.5, 0.6) is 0 Å². The zero-order chi connectivity index (χ0) is 29.6. The normalized spacial score (nSPS) is 27.2. The average Bonchev–Trinajstić information content (AvgIpc) is 3.08. The van der Waals surface area contributed by atoms with Crippen molar-refractivity contribution < 1.29 is 0 Å². The van der Waals surface area contributed by atoms with Gasteiger partial charge in [0.2, 0.25) is 0 Å². The van der Waals surface area contributed by atoms with E-state index in [0.717, 1.165) is 29.8 Å². The van der Waals surface area contributed by atoms with E-state index in [2.05, 4.69) is 140 Å². The van der Waals surface area contributed by atoms with Crippen molar-refractivity contribution in [2.75, 3.05) is 0 Å². The number of benzene rings is 4. The van der Waals surface area contributed by atoms with Crippen LogP contribution in [0.25, 0.3) is 22.4 Å². The number of rotatable bonds is 4. The number of dihydropyridines is 1. The standard InChI is InChI=1S/C40H38N4/c1-25-9-5-15-33-30(25)14-8-17-35(33)40-43-38(42-39(44-40)34-16-7-12-27-11-3-4-13-31(27)34)29-21-19-28(20-22-29)32-23-24-41-36-18-6-10-26(2)37(32)36/h3-8,11-26,36-38,40,43H,9-10H2,1-2H3,(H,42,44)/t25?,26-,36?,37?,38?,40?/m0/s1. The Labute approximate surface area is 260 Å². The molecule has 0 aromatic heterocycles. The lowest BCUT2D eigenvalue weighted by molar-refractivity contribution is 0.393. The molecule has 0 radical (unpaired) electrons. The molecule has 4 aromatic rings. The first-order valence-corrected chi connectivity index (χ1v) is 16.0. The van der Waals surface area contributed by atoms with Crippen molar-refractivity contribution in [3.05, 3.63) is 143 Å². The summed E-state index contributed by atoms with van der Waals surface area (Å²) >= 11 is 0. The Balaban J connectivity index is 1.19. The zero-order valence-corrected chi connectivity index (χ0v) is 25.3. The number of nitrogens with one attached hydrogen (secondary N) is 2. The molecule has 0 saturated heterocycles. The van der Waals surface area contributed by atoms with Crippen LogP contribution in [0.3, 0.4) is 0 Å². The number of nitrogens with zero attached hydrogens (tertiary/aromatic N) is 2. The lowest BCUT2D eigenvalue weighted by Crippen LogP contribution is -2.45. The van der Waals surface area contributed by atoms with E-state index in [-0.39, 0.29) is 18.4 Å². The largest absolute Gasteiger partial charge is 0.350 e. The van der Waals surface area contributed by atoms with Crippen LogP contribution in [0.4, 0.5) is 0 Å². The molecule has 2 aliphatic carbocycles. The van der Waals surface area contributed by atoms with Gasteiger partial charge in [0.15, 0.2) is 0 Å². The Morgan fingerprint density at radius 3 is 2.52 bits per heavy atom. The number of allylic oxidation sites excluding steroid dienone is 3. The monoisotopic (exact) mass is 574 g/mol. The summed E-state index contributed by atoms with van der Waals surface area (Å²) in [4.78, 5) is 10.1. The van der Waals surface area contributed by atoms with E-state index in [1.807, 2.05) is 6.21 Å². The second-order valence-corrected chi connectivity index (χ2v) is 12.7. The van der Waals surface area contributed by atoms with Gasteiger partial charge in [0.05, 0.1) is 6.04 Å². The summed E-state index contributed by atoms with van der Waals surface area (Å²) in [5.41, 5.74) is 8.94. The molecule has 0 bridgehead atoms. The highest BCUT2D eigenvalue weighted by molar-refractivity contribution is 6.10. The van der Waals surface area contributed by atoms with Gasteiger partial charge in [0, 0.05) is 17.7 Å². The molecule has 2 N–H and O–H groups in total. The van der Waals surface area contributed by atoms with Crippen LogP contribution >= 0.6 is 0 Å². The molecule has 5 unspecified atom stereocenters. The van der Waals surface area contributed by atoms with Crippen molar-refractivity contribution in [3.8, 4) is 0 Å². The zero-order valence-electron chi connectivity index (χ0n) is 25.3. The maximum absolute atomic E-state index is 5.33. The third-order valence-electron chi connectivity index (χ3n) is 9.95. The fourth-order valence-corrected chi connectivity index (χ4v) is 7.60. The molecule has 44 heavy (non-hydrogen) atoms. The van der Waals surface area contributed by atoms with Crippen LogP contribution in [-0.4, -0.2) is 18.1 Å². The van der Waals surface area contributed by atoms with Gasteiger partial charge in [0.25, 0.3) is 0 Å². The lowest BCUT2D eigenvalue weighted by Gasteiger charge is -2.35. The van der Waals surface area contributed by atoms with E-state index in [1.54, 1.807) is 0 Å². The molecule has 0 amide bonds. The van der Waals surface area contributed by atoms with Crippen LogP contribution in [0, 0.1) is 11.8 Å². The minimum Gasteiger partial charge on any atom is -0.350 e. The Morgan fingerprint density at radius 2 is 1.61 bits per heavy atom. The van der Waals surface area contributed by atoms with Crippen molar-refractivity contribution >= 4 is 34.5 Å². The fourth-order valence-electron chi connectivity index (χ4n) is 7.60. The molecule has 0 spiro atoms. The van der Waals surface area contributed by atoms with E-state index in [1.165, 1.54) is 38.6 Å². The average molecular weight is 575 g/mol. The molecule has 4 aliphatic rings. The fraction of sp³-hybridized carbons (Fsp3) is 0.250. The first-order chi connectivity index (χ1) is 21.6. The maximum Gasteiger partial charge on any atom is 0.132 e. The summed E-state index contributed by atoms with van der Waals surface area (Å²) in [7, 11) is 0. The molecule has 4 aromatic carbocycles. The van der Waals surface area contributed by atoms with E-state index < -0.39 is 0 Å². The van der Waals surface area contributed by atoms with Gasteiger partial charge in [-0.05, 0) is 74.9 Å². The molecule has 218 valence electrons. The predicted molar refractivity (Wildman–Crippen MR) is 184 cm³/mol. The summed E-state index contributed by atoms with van der Waals surface area (Å²) in [5.74, 6) is 2.42. The number of aliphatic imine (C=N–C) groups is 2. The second kappa shape index (κ2) is 11.2. The van der Waals surface area contributed by atoms with Gasteiger partial charge in [0.1, 0.15) is 18.2 Å². The van der Waals surface area contributed by atoms with Crippen LogP contribution in [0.15, 0.2) is 119 Å². The van der Waals surface area contributed by atoms with E-state index in [4.69, 9.17) is 9.98 Å². The highest BCUT2D eigenvalue weighted by Crippen LogP contribution is 2.40. The number of hydrogen-bond donors (Lipinski definition) is 2. The molecule has 6 atom stereocenters. The first kappa shape index (κ1) is 27.0. The summed E-state index contributed by atoms with van der Waals surface area (Å²) in [6.07, 6.45) is 15.3. The summed E-state index contributed by atoms with van der Waals surface area (Å²) in [6, 6.07) is 31.1. The third kappa shape index (κ3) is 4.74. The molecule has 8 rings (SSSR count). The SMILES string of the molecule is CC1CC=Cc2c1cccc2C1NC(c2cccc3ccccc23)=NC(c2ccc(C3=CC=NC4C=CC[C@H](C)C34)cc2)N1. The Morgan fingerprint density at radius 1 is 0.795 bits per heavy atom. The smallest absolute Gasteiger partial charge is 0.132 e. The van der Waals surface area contributed by atoms with Gasteiger partial charge in [-0.2, -0.15) is 0 Å². The van der Waals surface area contributed by atoms with Crippen molar-refractivity contribution in [1.82, 2.24) is 10.6 Å². The molecule has 2 heterocycles. The Bertz CT molecular complexity index is 1870. The quantitative estimate of drug-likeness (QED) is 0.240. The number of hydrogen-bond acceptors (Lipinski definition) is 4. The lowest BCUT2D eigenvalue weighted by atomic mass is 9.73. The molecular weight excluding hydrogens is 536 g/mol. The van der Waals surface area contributed by atoms with Crippen LogP contribution < -0.4 is 10.6 Å². The van der Waals surface area contributed by atoms with E-state index in [9.17, 15) is 0 Å². The topological polar surface area (TPSA) is 48.8 Å². The summed E-state index contributed by atoms with van der Waals surface area (Å²) in [6.45, 7) is 4.67. The second-order valence-electron chi connectivity index (χ2n) is 12.7. The van der Waals surface area contributed by atoms with Crippen LogP contribution in [0.2, 0.25) is 0 Å². The minimum atomic E-state index is -0.198. The number of fused-ring (bicyclic) bond motifs is 3. The van der Waals surface area contributed by atoms with Gasteiger partial charge >= 0.3 is 0 Å². The third-order valence-corrected chi connectivity index (χ3v) is 9.95. The van der Waals surface area contributed by atoms with Gasteiger partial charge in [-0.3, -0.25) is 10.3 Å². The highest BCUT2D eigenvalue weighted by atomic mass is 15.3. The Kier molecular flexibility index (Phi) is 6.87. The van der Waals surface area contributed by atoms with Crippen molar-refractivity contribution in [2.24, 2.45) is 21.8 Å². The van der Waals surface area contributed by atoms with Gasteiger partial charge in [-0.25, -0.2) is 4.99 Å². The first-order valence-electron chi connectivity index (χ1n) is 16.0. The van der Waals surface area contributed by atoms with Gasteiger partial charge in [-0.15, -0.1) is 0 Å². The predicted octanol–water partition coefficient (Wildman–Crippen LogP) is 8.75. The van der Waals surface area contributed by atoms with Crippen molar-refractivity contribution in [2.45, 2.75) is 51.0 Å². The van der Waals surface area contributed by atoms with Crippen molar-refractivity contribution in [1.29, 1.82) is 0 Å². The highest BCUT2D eigenvalue weighted by Gasteiger charge is 2.33. The minimum absolute atomic E-state index is 0.0936. The maximum atomic E-state index is 5.33. The van der Waals surface area contributed by atoms with Gasteiger partial charge in [-0.1, -0.05) is 123 Å². The summed E-state index contributed by atoms with van der Waals surface area (Å²) in [5, 5.41) is 10.1. The van der Waals surface area contributed by atoms with Crippen LogP contribution in [0.1, 0.15) is 78.3 Å². The molecule has 4 nitrogen and oxygen atoms in total. The van der Waals surface area contributed by atoms with E-state index in [0.29, 0.717) is 17.8 Å². The molecule has 4 heteroatoms. The summed E-state index contributed by atoms with van der Waals surface area (Å²) < 4.78 is 0. The van der Waals surface area contributed by atoms with Gasteiger partial charge < -0.3 is 5.32 Å². The Hall–Kier alpha value is -4.54. The molecule has 0 fully saturated rings. The van der Waals surface area contributed by atoms with Crippen LogP contribution in [-0.2, 0) is 0 Å². The van der Waals surface area contributed by atoms with E-state index >= 15 is 0 Å².